The lowest BCUT2D eigenvalue weighted by molar-refractivity contribution is -0.126. The number of benzene rings is 2. The van der Waals surface area contributed by atoms with Gasteiger partial charge in [0.05, 0.1) is 6.04 Å². The predicted molar refractivity (Wildman–Crippen MR) is 101 cm³/mol. The minimum Gasteiger partial charge on any atom is -0.335 e. The molecule has 0 radical (unpaired) electrons. The molecule has 2 rings (SSSR count). The van der Waals surface area contributed by atoms with E-state index >= 15 is 0 Å². The van der Waals surface area contributed by atoms with Crippen LogP contribution < -0.4 is 0 Å². The molecule has 0 fully saturated rings. The predicted octanol–water partition coefficient (Wildman–Crippen LogP) is 3.99. The minimum absolute atomic E-state index is 0.0245. The van der Waals surface area contributed by atoms with Crippen LogP contribution in [0.4, 0.5) is 0 Å². The highest BCUT2D eigenvalue weighted by Crippen LogP contribution is 2.24. The summed E-state index contributed by atoms with van der Waals surface area (Å²) in [5.74, 6) is 0.0245. The highest BCUT2D eigenvalue weighted by molar-refractivity contribution is 5.87. The molecule has 0 heterocycles. The Morgan fingerprint density at radius 1 is 0.958 bits per heavy atom. The van der Waals surface area contributed by atoms with Gasteiger partial charge in [-0.1, -0.05) is 60.7 Å². The summed E-state index contributed by atoms with van der Waals surface area (Å²) in [6.07, 6.45) is 3.54. The average molecular weight is 322 g/mol. The summed E-state index contributed by atoms with van der Waals surface area (Å²) in [7, 11) is 5.81. The van der Waals surface area contributed by atoms with Crippen molar-refractivity contribution in [3.05, 3.63) is 72.3 Å². The molecule has 1 amide bonds. The van der Waals surface area contributed by atoms with Crippen LogP contribution >= 0.6 is 0 Å². The largest absolute Gasteiger partial charge is 0.335 e. The van der Waals surface area contributed by atoms with Gasteiger partial charge in [-0.15, -0.1) is 0 Å². The molecular weight excluding hydrogens is 296 g/mol. The molecule has 0 aliphatic rings. The van der Waals surface area contributed by atoms with Crippen LogP contribution in [0.5, 0.6) is 0 Å². The van der Waals surface area contributed by atoms with Gasteiger partial charge in [0.25, 0.3) is 0 Å². The first-order valence-corrected chi connectivity index (χ1v) is 8.22. The standard InChI is InChI=1S/C21H26N2O/c1-17(23(4)21(24)11-8-16-22(2)3)18-12-14-20(15-13-18)19-9-6-5-7-10-19/h5-15,17H,16H2,1-4H3/b11-8+. The first-order valence-electron chi connectivity index (χ1n) is 8.22. The van der Waals surface area contributed by atoms with Crippen LogP contribution in [0.3, 0.4) is 0 Å². The molecule has 126 valence electrons. The van der Waals surface area contributed by atoms with Crippen LogP contribution in [-0.4, -0.2) is 43.4 Å². The fraction of sp³-hybridized carbons (Fsp3) is 0.286. The molecule has 0 aliphatic heterocycles. The molecule has 1 unspecified atom stereocenters. The summed E-state index contributed by atoms with van der Waals surface area (Å²) in [6.45, 7) is 2.81. The highest BCUT2D eigenvalue weighted by atomic mass is 16.2. The van der Waals surface area contributed by atoms with Crippen molar-refractivity contribution < 1.29 is 4.79 Å². The van der Waals surface area contributed by atoms with E-state index in [9.17, 15) is 4.79 Å². The van der Waals surface area contributed by atoms with Gasteiger partial charge in [-0.3, -0.25) is 4.79 Å². The van der Waals surface area contributed by atoms with E-state index in [1.807, 2.05) is 50.3 Å². The molecular formula is C21H26N2O. The maximum atomic E-state index is 12.2. The lowest BCUT2D eigenvalue weighted by atomic mass is 10.0. The summed E-state index contributed by atoms with van der Waals surface area (Å²) in [4.78, 5) is 16.0. The Kier molecular flexibility index (Phi) is 6.33. The number of amides is 1. The van der Waals surface area contributed by atoms with Gasteiger partial charge in [0.15, 0.2) is 0 Å². The quantitative estimate of drug-likeness (QED) is 0.751. The van der Waals surface area contributed by atoms with Gasteiger partial charge >= 0.3 is 0 Å². The fourth-order valence-corrected chi connectivity index (χ4v) is 2.48. The second-order valence-corrected chi connectivity index (χ2v) is 6.28. The number of carbonyl (C=O) groups is 1. The van der Waals surface area contributed by atoms with Crippen molar-refractivity contribution in [2.24, 2.45) is 0 Å². The Balaban J connectivity index is 2.05. The van der Waals surface area contributed by atoms with Crippen molar-refractivity contribution in [2.45, 2.75) is 13.0 Å². The van der Waals surface area contributed by atoms with E-state index in [1.54, 1.807) is 11.0 Å². The number of nitrogens with zero attached hydrogens (tertiary/aromatic N) is 2. The van der Waals surface area contributed by atoms with Crippen LogP contribution in [0.25, 0.3) is 11.1 Å². The third-order valence-electron chi connectivity index (χ3n) is 4.16. The topological polar surface area (TPSA) is 23.6 Å². The van der Waals surface area contributed by atoms with E-state index in [0.717, 1.165) is 12.1 Å². The Morgan fingerprint density at radius 3 is 2.12 bits per heavy atom. The lowest BCUT2D eigenvalue weighted by Gasteiger charge is -2.24. The molecule has 0 bridgehead atoms. The molecule has 1 atom stereocenters. The zero-order valence-corrected chi connectivity index (χ0v) is 14.9. The Hall–Kier alpha value is -2.39. The van der Waals surface area contributed by atoms with Crippen LogP contribution in [0.15, 0.2) is 66.7 Å². The van der Waals surface area contributed by atoms with Crippen LogP contribution in [0.1, 0.15) is 18.5 Å². The van der Waals surface area contributed by atoms with Gasteiger partial charge in [-0.05, 0) is 37.7 Å². The van der Waals surface area contributed by atoms with Crippen molar-refractivity contribution in [1.29, 1.82) is 0 Å². The SMILES string of the molecule is CC(c1ccc(-c2ccccc2)cc1)N(C)C(=O)/C=C/CN(C)C. The normalized spacial score (nSPS) is 12.5. The van der Waals surface area contributed by atoms with Gasteiger partial charge < -0.3 is 9.80 Å². The van der Waals surface area contributed by atoms with Crippen LogP contribution in [-0.2, 0) is 4.79 Å². The van der Waals surface area contributed by atoms with E-state index in [4.69, 9.17) is 0 Å². The second kappa shape index (κ2) is 8.46. The van der Waals surface area contributed by atoms with Crippen LogP contribution in [0, 0.1) is 0 Å². The van der Waals surface area contributed by atoms with E-state index < -0.39 is 0 Å². The van der Waals surface area contributed by atoms with Gasteiger partial charge in [0, 0.05) is 19.7 Å². The smallest absolute Gasteiger partial charge is 0.246 e. The van der Waals surface area contributed by atoms with Crippen molar-refractivity contribution in [3.8, 4) is 11.1 Å². The Bertz CT molecular complexity index is 675. The van der Waals surface area contributed by atoms with Gasteiger partial charge in [-0.25, -0.2) is 0 Å². The number of hydrogen-bond acceptors (Lipinski definition) is 2. The number of rotatable bonds is 6. The molecule has 24 heavy (non-hydrogen) atoms. The van der Waals surface area contributed by atoms with E-state index in [-0.39, 0.29) is 11.9 Å². The first-order chi connectivity index (χ1) is 11.5. The zero-order valence-electron chi connectivity index (χ0n) is 14.9. The van der Waals surface area contributed by atoms with E-state index in [1.165, 1.54) is 11.1 Å². The lowest BCUT2D eigenvalue weighted by Crippen LogP contribution is -2.28. The van der Waals surface area contributed by atoms with Gasteiger partial charge in [-0.2, -0.15) is 0 Å². The molecule has 0 N–H and O–H groups in total. The van der Waals surface area contributed by atoms with Crippen LogP contribution in [0.2, 0.25) is 0 Å². The minimum atomic E-state index is 0.0245. The van der Waals surface area contributed by atoms with Gasteiger partial charge in [0.2, 0.25) is 5.91 Å². The highest BCUT2D eigenvalue weighted by Gasteiger charge is 2.15. The molecule has 2 aromatic carbocycles. The summed E-state index contributed by atoms with van der Waals surface area (Å²) in [5, 5.41) is 0. The summed E-state index contributed by atoms with van der Waals surface area (Å²) in [5.41, 5.74) is 3.52. The Morgan fingerprint density at radius 2 is 1.54 bits per heavy atom. The third kappa shape index (κ3) is 4.80. The van der Waals surface area contributed by atoms with Crippen molar-refractivity contribution in [1.82, 2.24) is 9.80 Å². The summed E-state index contributed by atoms with van der Waals surface area (Å²) in [6, 6.07) is 18.8. The van der Waals surface area contributed by atoms with E-state index in [0.29, 0.717) is 0 Å². The molecule has 0 saturated heterocycles. The fourth-order valence-electron chi connectivity index (χ4n) is 2.48. The van der Waals surface area contributed by atoms with Crippen molar-refractivity contribution in [2.75, 3.05) is 27.7 Å². The monoisotopic (exact) mass is 322 g/mol. The summed E-state index contributed by atoms with van der Waals surface area (Å²) < 4.78 is 0. The Labute approximate surface area is 145 Å². The maximum Gasteiger partial charge on any atom is 0.246 e. The first kappa shape index (κ1) is 18.0. The zero-order chi connectivity index (χ0) is 17.5. The van der Waals surface area contributed by atoms with Crippen molar-refractivity contribution >= 4 is 5.91 Å². The molecule has 0 aliphatic carbocycles. The van der Waals surface area contributed by atoms with Crippen molar-refractivity contribution in [3.63, 3.8) is 0 Å². The number of likely N-dealkylation sites (N-methyl/N-ethyl adjacent to an activating group) is 2. The number of carbonyl (C=O) groups excluding carboxylic acids is 1. The summed E-state index contributed by atoms with van der Waals surface area (Å²) >= 11 is 0. The third-order valence-corrected chi connectivity index (χ3v) is 4.16. The average Bonchev–Trinajstić information content (AvgIpc) is 2.61. The van der Waals surface area contributed by atoms with Gasteiger partial charge in [0.1, 0.15) is 0 Å². The molecule has 0 aromatic heterocycles. The molecule has 2 aromatic rings. The molecule has 3 heteroatoms. The van der Waals surface area contributed by atoms with E-state index in [2.05, 4.69) is 43.3 Å². The number of hydrogen-bond donors (Lipinski definition) is 0. The molecule has 0 spiro atoms. The molecule has 0 saturated carbocycles. The maximum absolute atomic E-state index is 12.2. The second-order valence-electron chi connectivity index (χ2n) is 6.28. The molecule has 3 nitrogen and oxygen atoms in total.